The molecule has 88 valence electrons. The average Bonchev–Trinajstić information content (AvgIpc) is 2.87. The van der Waals surface area contributed by atoms with Gasteiger partial charge in [0, 0.05) is 20.1 Å². The van der Waals surface area contributed by atoms with E-state index in [9.17, 15) is 4.79 Å². The monoisotopic (exact) mass is 220 g/mol. The van der Waals surface area contributed by atoms with E-state index in [-0.39, 0.29) is 6.03 Å². The molecule has 0 aromatic carbocycles. The lowest BCUT2D eigenvalue weighted by Gasteiger charge is -2.28. The van der Waals surface area contributed by atoms with Crippen LogP contribution in [0.3, 0.4) is 0 Å². The SMILES string of the molecule is CN(C)C(=O)NC1CC2=C3CCCC3C1C2. The lowest BCUT2D eigenvalue weighted by atomic mass is 9.85. The summed E-state index contributed by atoms with van der Waals surface area (Å²) in [4.78, 5) is 13.3. The van der Waals surface area contributed by atoms with Crippen molar-refractivity contribution in [2.45, 2.75) is 38.1 Å². The first-order valence-electron chi connectivity index (χ1n) is 6.35. The van der Waals surface area contributed by atoms with Crippen molar-refractivity contribution in [2.75, 3.05) is 14.1 Å². The van der Waals surface area contributed by atoms with Gasteiger partial charge in [0.25, 0.3) is 0 Å². The first-order valence-corrected chi connectivity index (χ1v) is 6.35. The summed E-state index contributed by atoms with van der Waals surface area (Å²) in [5, 5.41) is 3.18. The number of carbonyl (C=O) groups is 1. The van der Waals surface area contributed by atoms with Crippen LogP contribution in [0.4, 0.5) is 4.79 Å². The molecule has 0 radical (unpaired) electrons. The van der Waals surface area contributed by atoms with E-state index < -0.39 is 0 Å². The van der Waals surface area contributed by atoms with Crippen molar-refractivity contribution in [3.8, 4) is 0 Å². The molecule has 0 heterocycles. The maximum Gasteiger partial charge on any atom is 0.317 e. The zero-order valence-electron chi connectivity index (χ0n) is 10.1. The molecule has 3 aliphatic rings. The largest absolute Gasteiger partial charge is 0.335 e. The van der Waals surface area contributed by atoms with Gasteiger partial charge in [0.1, 0.15) is 0 Å². The Kier molecular flexibility index (Phi) is 2.23. The highest BCUT2D eigenvalue weighted by molar-refractivity contribution is 5.74. The summed E-state index contributed by atoms with van der Waals surface area (Å²) in [5.41, 5.74) is 3.44. The molecule has 0 aliphatic heterocycles. The Morgan fingerprint density at radius 3 is 2.94 bits per heavy atom. The van der Waals surface area contributed by atoms with Crippen molar-refractivity contribution >= 4 is 6.03 Å². The molecular formula is C13H20N2O. The number of carbonyl (C=O) groups excluding carboxylic acids is 1. The number of urea groups is 1. The summed E-state index contributed by atoms with van der Waals surface area (Å²) >= 11 is 0. The van der Waals surface area contributed by atoms with Crippen LogP contribution < -0.4 is 5.32 Å². The maximum absolute atomic E-state index is 11.7. The first-order chi connectivity index (χ1) is 7.66. The van der Waals surface area contributed by atoms with Gasteiger partial charge >= 0.3 is 6.03 Å². The quantitative estimate of drug-likeness (QED) is 0.675. The predicted octanol–water partition coefficient (Wildman–Crippen LogP) is 2.15. The molecule has 2 bridgehead atoms. The van der Waals surface area contributed by atoms with Gasteiger partial charge in [-0.05, 0) is 43.9 Å². The van der Waals surface area contributed by atoms with Crippen molar-refractivity contribution in [1.82, 2.24) is 10.2 Å². The van der Waals surface area contributed by atoms with E-state index in [0.717, 1.165) is 18.3 Å². The Labute approximate surface area is 96.9 Å². The minimum absolute atomic E-state index is 0.0673. The van der Waals surface area contributed by atoms with Gasteiger partial charge in [-0.25, -0.2) is 4.79 Å². The summed E-state index contributed by atoms with van der Waals surface area (Å²) in [7, 11) is 3.62. The number of rotatable bonds is 1. The van der Waals surface area contributed by atoms with Gasteiger partial charge < -0.3 is 10.2 Å². The molecular weight excluding hydrogens is 200 g/mol. The molecule has 0 aromatic heterocycles. The van der Waals surface area contributed by atoms with Gasteiger partial charge in [-0.2, -0.15) is 0 Å². The van der Waals surface area contributed by atoms with Crippen LogP contribution in [0.1, 0.15) is 32.1 Å². The molecule has 3 heteroatoms. The second-order valence-electron chi connectivity index (χ2n) is 5.65. The Morgan fingerprint density at radius 2 is 2.19 bits per heavy atom. The Balaban J connectivity index is 1.72. The van der Waals surface area contributed by atoms with E-state index in [2.05, 4.69) is 5.32 Å². The van der Waals surface area contributed by atoms with E-state index in [1.165, 1.54) is 25.7 Å². The zero-order valence-corrected chi connectivity index (χ0v) is 10.1. The number of nitrogens with one attached hydrogen (secondary N) is 1. The van der Waals surface area contributed by atoms with E-state index >= 15 is 0 Å². The highest BCUT2D eigenvalue weighted by Crippen LogP contribution is 2.54. The fraction of sp³-hybridized carbons (Fsp3) is 0.769. The lowest BCUT2D eigenvalue weighted by Crippen LogP contribution is -2.45. The maximum atomic E-state index is 11.7. The zero-order chi connectivity index (χ0) is 11.3. The standard InChI is InChI=1S/C13H20N2O/c1-15(2)13(16)14-12-7-8-6-11(12)10-5-3-4-9(8)10/h10-12H,3-7H2,1-2H3,(H,14,16). The molecule has 2 amide bonds. The van der Waals surface area contributed by atoms with Crippen molar-refractivity contribution in [1.29, 1.82) is 0 Å². The van der Waals surface area contributed by atoms with Gasteiger partial charge in [0.05, 0.1) is 0 Å². The van der Waals surface area contributed by atoms with Crippen molar-refractivity contribution in [2.24, 2.45) is 11.8 Å². The van der Waals surface area contributed by atoms with E-state index in [1.54, 1.807) is 16.0 Å². The van der Waals surface area contributed by atoms with Crippen LogP contribution in [0.15, 0.2) is 11.1 Å². The second kappa shape index (κ2) is 3.51. The topological polar surface area (TPSA) is 32.3 Å². The van der Waals surface area contributed by atoms with Gasteiger partial charge in [-0.3, -0.25) is 0 Å². The van der Waals surface area contributed by atoms with Crippen molar-refractivity contribution in [3.63, 3.8) is 0 Å². The minimum atomic E-state index is 0.0673. The van der Waals surface area contributed by atoms with Gasteiger partial charge in [-0.1, -0.05) is 11.1 Å². The fourth-order valence-electron chi connectivity index (χ4n) is 3.84. The molecule has 1 N–H and O–H groups in total. The number of fused-ring (bicyclic) bond motifs is 4. The second-order valence-corrected chi connectivity index (χ2v) is 5.65. The smallest absolute Gasteiger partial charge is 0.317 e. The lowest BCUT2D eigenvalue weighted by molar-refractivity contribution is 0.205. The van der Waals surface area contributed by atoms with Crippen LogP contribution in [-0.4, -0.2) is 31.1 Å². The van der Waals surface area contributed by atoms with Crippen LogP contribution in [-0.2, 0) is 0 Å². The first kappa shape index (κ1) is 10.2. The number of amides is 2. The molecule has 3 unspecified atom stereocenters. The van der Waals surface area contributed by atoms with Gasteiger partial charge in [0.15, 0.2) is 0 Å². The summed E-state index contributed by atoms with van der Waals surface area (Å²) in [6.45, 7) is 0. The van der Waals surface area contributed by atoms with Crippen LogP contribution in [0.2, 0.25) is 0 Å². The van der Waals surface area contributed by atoms with Crippen molar-refractivity contribution in [3.05, 3.63) is 11.1 Å². The Hall–Kier alpha value is -0.990. The summed E-state index contributed by atoms with van der Waals surface area (Å²) < 4.78 is 0. The molecule has 0 spiro atoms. The molecule has 3 aliphatic carbocycles. The number of hydrogen-bond donors (Lipinski definition) is 1. The predicted molar refractivity (Wildman–Crippen MR) is 63.1 cm³/mol. The summed E-state index contributed by atoms with van der Waals surface area (Å²) in [5.74, 6) is 1.53. The van der Waals surface area contributed by atoms with E-state index in [4.69, 9.17) is 0 Å². The van der Waals surface area contributed by atoms with Crippen LogP contribution in [0.5, 0.6) is 0 Å². The summed E-state index contributed by atoms with van der Waals surface area (Å²) in [6.07, 6.45) is 6.45. The molecule has 16 heavy (non-hydrogen) atoms. The van der Waals surface area contributed by atoms with Crippen LogP contribution in [0.25, 0.3) is 0 Å². The number of nitrogens with zero attached hydrogens (tertiary/aromatic N) is 1. The molecule has 3 atom stereocenters. The molecule has 2 fully saturated rings. The fourth-order valence-corrected chi connectivity index (χ4v) is 3.84. The molecule has 3 rings (SSSR count). The average molecular weight is 220 g/mol. The highest BCUT2D eigenvalue weighted by atomic mass is 16.2. The summed E-state index contributed by atoms with van der Waals surface area (Å²) in [6, 6.07) is 0.481. The molecule has 0 saturated heterocycles. The van der Waals surface area contributed by atoms with Crippen LogP contribution >= 0.6 is 0 Å². The molecule has 2 saturated carbocycles. The minimum Gasteiger partial charge on any atom is -0.335 e. The van der Waals surface area contributed by atoms with Crippen molar-refractivity contribution < 1.29 is 4.79 Å². The number of allylic oxidation sites excluding steroid dienone is 1. The van der Waals surface area contributed by atoms with E-state index in [0.29, 0.717) is 6.04 Å². The van der Waals surface area contributed by atoms with Crippen LogP contribution in [0, 0.1) is 11.8 Å². The Bertz CT molecular complexity index is 359. The Morgan fingerprint density at radius 1 is 1.38 bits per heavy atom. The van der Waals surface area contributed by atoms with Gasteiger partial charge in [0.2, 0.25) is 0 Å². The molecule has 0 aromatic rings. The third-order valence-electron chi connectivity index (χ3n) is 4.56. The van der Waals surface area contributed by atoms with E-state index in [1.807, 2.05) is 14.1 Å². The normalized spacial score (nSPS) is 35.5. The number of hydrogen-bond acceptors (Lipinski definition) is 1. The molecule has 3 nitrogen and oxygen atoms in total. The van der Waals surface area contributed by atoms with Gasteiger partial charge in [-0.15, -0.1) is 0 Å². The third kappa shape index (κ3) is 1.37. The highest BCUT2D eigenvalue weighted by Gasteiger charge is 2.47. The third-order valence-corrected chi connectivity index (χ3v) is 4.56.